The highest BCUT2D eigenvalue weighted by Gasteiger charge is 2.30. The standard InChI is InChI=1S/C10H13NO/c1-3-7-4-2-6-9-10(7)8(5-1)11-12-9/h7H,1-6H2. The summed E-state index contributed by atoms with van der Waals surface area (Å²) < 4.78 is 5.34. The molecule has 1 heterocycles. The third-order valence-corrected chi connectivity index (χ3v) is 3.21. The largest absolute Gasteiger partial charge is 0.361 e. The second-order valence-corrected chi connectivity index (χ2v) is 3.95. The molecule has 0 aromatic carbocycles. The maximum absolute atomic E-state index is 5.34. The van der Waals surface area contributed by atoms with Gasteiger partial charge in [-0.05, 0) is 38.0 Å². The van der Waals surface area contributed by atoms with Crippen molar-refractivity contribution < 1.29 is 4.52 Å². The highest BCUT2D eigenvalue weighted by molar-refractivity contribution is 5.31. The Bertz CT molecular complexity index is 275. The number of hydrogen-bond donors (Lipinski definition) is 0. The predicted molar refractivity (Wildman–Crippen MR) is 45.1 cm³/mol. The first kappa shape index (κ1) is 6.70. The summed E-state index contributed by atoms with van der Waals surface area (Å²) in [5.74, 6) is 1.99. The summed E-state index contributed by atoms with van der Waals surface area (Å²) in [5.41, 5.74) is 2.76. The molecule has 1 aromatic rings. The van der Waals surface area contributed by atoms with Gasteiger partial charge in [0.05, 0.1) is 5.69 Å². The van der Waals surface area contributed by atoms with Crippen LogP contribution in [0, 0.1) is 0 Å². The number of aromatic nitrogens is 1. The molecule has 64 valence electrons. The molecule has 12 heavy (non-hydrogen) atoms. The first-order valence-corrected chi connectivity index (χ1v) is 4.92. The van der Waals surface area contributed by atoms with Gasteiger partial charge < -0.3 is 4.52 Å². The van der Waals surface area contributed by atoms with Gasteiger partial charge in [-0.3, -0.25) is 0 Å². The molecule has 0 saturated heterocycles. The maximum Gasteiger partial charge on any atom is 0.140 e. The van der Waals surface area contributed by atoms with Crippen LogP contribution in [-0.4, -0.2) is 5.16 Å². The van der Waals surface area contributed by atoms with Crippen molar-refractivity contribution in [2.75, 3.05) is 0 Å². The van der Waals surface area contributed by atoms with Crippen molar-refractivity contribution >= 4 is 0 Å². The molecule has 1 atom stereocenters. The average molecular weight is 163 g/mol. The molecule has 0 aliphatic heterocycles. The first-order valence-electron chi connectivity index (χ1n) is 4.92. The van der Waals surface area contributed by atoms with E-state index in [0.717, 1.165) is 18.8 Å². The van der Waals surface area contributed by atoms with Crippen LogP contribution in [0.1, 0.15) is 48.6 Å². The van der Waals surface area contributed by atoms with Crippen molar-refractivity contribution in [3.05, 3.63) is 17.0 Å². The maximum atomic E-state index is 5.34. The number of nitrogens with zero attached hydrogens (tertiary/aromatic N) is 1. The van der Waals surface area contributed by atoms with Gasteiger partial charge in [-0.2, -0.15) is 0 Å². The lowest BCUT2D eigenvalue weighted by molar-refractivity contribution is 0.364. The van der Waals surface area contributed by atoms with E-state index in [4.69, 9.17) is 4.52 Å². The van der Waals surface area contributed by atoms with Gasteiger partial charge in [0.15, 0.2) is 0 Å². The molecule has 0 N–H and O–H groups in total. The summed E-state index contributed by atoms with van der Waals surface area (Å²) in [6.07, 6.45) is 7.60. The van der Waals surface area contributed by atoms with Gasteiger partial charge in [0.2, 0.25) is 0 Å². The fraction of sp³-hybridized carbons (Fsp3) is 0.700. The van der Waals surface area contributed by atoms with Crippen LogP contribution in [0.5, 0.6) is 0 Å². The van der Waals surface area contributed by atoms with Crippen molar-refractivity contribution in [3.63, 3.8) is 0 Å². The van der Waals surface area contributed by atoms with E-state index in [9.17, 15) is 0 Å². The Morgan fingerprint density at radius 3 is 2.92 bits per heavy atom. The van der Waals surface area contributed by atoms with Crippen LogP contribution in [0.2, 0.25) is 0 Å². The lowest BCUT2D eigenvalue weighted by atomic mass is 9.78. The quantitative estimate of drug-likeness (QED) is 0.587. The van der Waals surface area contributed by atoms with E-state index in [1.165, 1.54) is 42.7 Å². The van der Waals surface area contributed by atoms with E-state index in [-0.39, 0.29) is 0 Å². The Kier molecular flexibility index (Phi) is 1.31. The molecular formula is C10H13NO. The molecule has 0 spiro atoms. The van der Waals surface area contributed by atoms with E-state index < -0.39 is 0 Å². The van der Waals surface area contributed by atoms with Crippen molar-refractivity contribution in [3.8, 4) is 0 Å². The fourth-order valence-corrected chi connectivity index (χ4v) is 2.65. The molecule has 0 amide bonds. The van der Waals surface area contributed by atoms with E-state index in [1.807, 2.05) is 0 Å². The zero-order chi connectivity index (χ0) is 7.97. The molecule has 0 bridgehead atoms. The molecule has 2 aliphatic carbocycles. The number of aryl methyl sites for hydroxylation is 2. The Hall–Kier alpha value is -0.790. The Balaban J connectivity index is 2.16. The molecule has 2 nitrogen and oxygen atoms in total. The highest BCUT2D eigenvalue weighted by Crippen LogP contribution is 2.40. The first-order chi connectivity index (χ1) is 5.95. The molecule has 3 rings (SSSR count). The van der Waals surface area contributed by atoms with Crippen LogP contribution in [0.4, 0.5) is 0 Å². The third-order valence-electron chi connectivity index (χ3n) is 3.21. The SMILES string of the molecule is C1Cc2noc3c2C(C1)CCC3. The van der Waals surface area contributed by atoms with Crippen molar-refractivity contribution in [2.24, 2.45) is 0 Å². The zero-order valence-corrected chi connectivity index (χ0v) is 7.18. The van der Waals surface area contributed by atoms with Gasteiger partial charge in [0, 0.05) is 12.0 Å². The Morgan fingerprint density at radius 2 is 2.00 bits per heavy atom. The number of rotatable bonds is 0. The Labute approximate surface area is 71.9 Å². The molecule has 1 aromatic heterocycles. The van der Waals surface area contributed by atoms with Crippen molar-refractivity contribution in [2.45, 2.75) is 44.4 Å². The minimum atomic E-state index is 0.795. The minimum Gasteiger partial charge on any atom is -0.361 e. The summed E-state index contributed by atoms with van der Waals surface area (Å²) >= 11 is 0. The van der Waals surface area contributed by atoms with Crippen LogP contribution < -0.4 is 0 Å². The van der Waals surface area contributed by atoms with Crippen LogP contribution in [0.25, 0.3) is 0 Å². The highest BCUT2D eigenvalue weighted by atomic mass is 16.5. The van der Waals surface area contributed by atoms with Gasteiger partial charge in [0.1, 0.15) is 5.76 Å². The van der Waals surface area contributed by atoms with Crippen molar-refractivity contribution in [1.82, 2.24) is 5.16 Å². The monoisotopic (exact) mass is 163 g/mol. The zero-order valence-electron chi connectivity index (χ0n) is 7.18. The minimum absolute atomic E-state index is 0.795. The van der Waals surface area contributed by atoms with Gasteiger partial charge >= 0.3 is 0 Å². The lowest BCUT2D eigenvalue weighted by Crippen LogP contribution is -2.14. The van der Waals surface area contributed by atoms with Crippen LogP contribution >= 0.6 is 0 Å². The second-order valence-electron chi connectivity index (χ2n) is 3.95. The average Bonchev–Trinajstić information content (AvgIpc) is 2.52. The molecule has 2 heteroatoms. The third kappa shape index (κ3) is 0.780. The Morgan fingerprint density at radius 1 is 1.17 bits per heavy atom. The van der Waals surface area contributed by atoms with Gasteiger partial charge in [-0.25, -0.2) is 0 Å². The van der Waals surface area contributed by atoms with Crippen LogP contribution in [0.3, 0.4) is 0 Å². The molecule has 1 unspecified atom stereocenters. The summed E-state index contributed by atoms with van der Waals surface area (Å²) in [5, 5.41) is 4.14. The topological polar surface area (TPSA) is 26.0 Å². The second kappa shape index (κ2) is 2.35. The fourth-order valence-electron chi connectivity index (χ4n) is 2.65. The summed E-state index contributed by atoms with van der Waals surface area (Å²) in [4.78, 5) is 0. The van der Waals surface area contributed by atoms with Crippen LogP contribution in [-0.2, 0) is 12.8 Å². The van der Waals surface area contributed by atoms with Crippen LogP contribution in [0.15, 0.2) is 4.52 Å². The number of hydrogen-bond acceptors (Lipinski definition) is 2. The molecular weight excluding hydrogens is 150 g/mol. The molecule has 0 fully saturated rings. The van der Waals surface area contributed by atoms with E-state index in [1.54, 1.807) is 0 Å². The van der Waals surface area contributed by atoms with Crippen molar-refractivity contribution in [1.29, 1.82) is 0 Å². The summed E-state index contributed by atoms with van der Waals surface area (Å²) in [7, 11) is 0. The molecule has 0 radical (unpaired) electrons. The summed E-state index contributed by atoms with van der Waals surface area (Å²) in [6, 6.07) is 0. The van der Waals surface area contributed by atoms with E-state index in [0.29, 0.717) is 0 Å². The van der Waals surface area contributed by atoms with Gasteiger partial charge in [0.25, 0.3) is 0 Å². The van der Waals surface area contributed by atoms with E-state index >= 15 is 0 Å². The molecule has 2 aliphatic rings. The normalized spacial score (nSPS) is 26.8. The van der Waals surface area contributed by atoms with Gasteiger partial charge in [-0.15, -0.1) is 0 Å². The van der Waals surface area contributed by atoms with E-state index in [2.05, 4.69) is 5.16 Å². The lowest BCUT2D eigenvalue weighted by Gasteiger charge is -2.24. The predicted octanol–water partition coefficient (Wildman–Crippen LogP) is 2.43. The summed E-state index contributed by atoms with van der Waals surface area (Å²) in [6.45, 7) is 0. The van der Waals surface area contributed by atoms with Gasteiger partial charge in [-0.1, -0.05) is 5.16 Å². The molecule has 0 saturated carbocycles. The smallest absolute Gasteiger partial charge is 0.140 e.